The number of anilines is 3. The molecule has 0 amide bonds. The van der Waals surface area contributed by atoms with Crippen molar-refractivity contribution in [3.05, 3.63) is 45.5 Å². The first-order valence-corrected chi connectivity index (χ1v) is 12.1. The predicted molar refractivity (Wildman–Crippen MR) is 129 cm³/mol. The standard InChI is InChI=1S/C23H28ClN7O3/c1-25-20-6-19(28-18-5-14(24)9-30(23(18)32)15-3-2-4-33-10-15)29-22-13(8-27-31(20)22)7-26-21-16-11-34-12-17(16)21/h5-6,8-9,15-17,21,25-26H,2-4,7,10-12H2,1H3,(H,28,29)/t15-,16-,17+,21+/m0/s1. The van der Waals surface area contributed by atoms with Crippen molar-refractivity contribution in [3.8, 4) is 0 Å². The SMILES string of the molecule is CNc1cc(Nc2cc(Cl)cn([C@H]3CCCOC3)c2=O)nc2c(CN[C@H]3[C@@H]4COC[C@@H]43)cnn12. The van der Waals surface area contributed by atoms with Gasteiger partial charge in [-0.15, -0.1) is 0 Å². The minimum absolute atomic E-state index is 0.0244. The molecule has 3 aromatic rings. The third-order valence-electron chi connectivity index (χ3n) is 7.08. The predicted octanol–water partition coefficient (Wildman–Crippen LogP) is 2.42. The lowest BCUT2D eigenvalue weighted by Crippen LogP contribution is -2.31. The second-order valence-corrected chi connectivity index (χ2v) is 9.67. The maximum atomic E-state index is 13.2. The number of hydrogen-bond acceptors (Lipinski definition) is 8. The van der Waals surface area contributed by atoms with E-state index in [4.69, 9.17) is 26.1 Å². The summed E-state index contributed by atoms with van der Waals surface area (Å²) in [7, 11) is 1.83. The summed E-state index contributed by atoms with van der Waals surface area (Å²) in [5.74, 6) is 2.55. The fourth-order valence-electron chi connectivity index (χ4n) is 5.15. The van der Waals surface area contributed by atoms with E-state index < -0.39 is 0 Å². The van der Waals surface area contributed by atoms with Crippen LogP contribution in [-0.2, 0) is 16.0 Å². The highest BCUT2D eigenvalue weighted by atomic mass is 35.5. The molecule has 6 rings (SSSR count). The second kappa shape index (κ2) is 8.84. The zero-order valence-corrected chi connectivity index (χ0v) is 19.7. The van der Waals surface area contributed by atoms with E-state index in [1.807, 2.05) is 19.3 Å². The van der Waals surface area contributed by atoms with Crippen LogP contribution in [0.25, 0.3) is 5.65 Å². The molecule has 34 heavy (non-hydrogen) atoms. The lowest BCUT2D eigenvalue weighted by Gasteiger charge is -2.25. The Hall–Kier alpha value is -2.66. The molecule has 3 fully saturated rings. The van der Waals surface area contributed by atoms with E-state index in [0.29, 0.717) is 47.6 Å². The van der Waals surface area contributed by atoms with Crippen molar-refractivity contribution in [2.45, 2.75) is 31.5 Å². The molecule has 5 heterocycles. The highest BCUT2D eigenvalue weighted by molar-refractivity contribution is 6.30. The van der Waals surface area contributed by atoms with Crippen LogP contribution in [0, 0.1) is 11.8 Å². The monoisotopic (exact) mass is 485 g/mol. The van der Waals surface area contributed by atoms with E-state index in [9.17, 15) is 4.79 Å². The molecular weight excluding hydrogens is 458 g/mol. The molecule has 3 aromatic heterocycles. The molecule has 0 bridgehead atoms. The number of ether oxygens (including phenoxy) is 2. The van der Waals surface area contributed by atoms with Crippen LogP contribution in [0.3, 0.4) is 0 Å². The second-order valence-electron chi connectivity index (χ2n) is 9.23. The zero-order chi connectivity index (χ0) is 23.2. The quantitative estimate of drug-likeness (QED) is 0.468. The van der Waals surface area contributed by atoms with Crippen molar-refractivity contribution in [3.63, 3.8) is 0 Å². The molecule has 1 saturated carbocycles. The zero-order valence-electron chi connectivity index (χ0n) is 19.0. The molecule has 11 heteroatoms. The number of fused-ring (bicyclic) bond motifs is 2. The molecule has 1 aliphatic carbocycles. The largest absolute Gasteiger partial charge is 0.381 e. The smallest absolute Gasteiger partial charge is 0.274 e. The molecule has 10 nitrogen and oxygen atoms in total. The lowest BCUT2D eigenvalue weighted by molar-refractivity contribution is 0.0581. The summed E-state index contributed by atoms with van der Waals surface area (Å²) in [4.78, 5) is 18.0. The average molecular weight is 486 g/mol. The van der Waals surface area contributed by atoms with Gasteiger partial charge in [0.25, 0.3) is 5.56 Å². The Morgan fingerprint density at radius 3 is 2.82 bits per heavy atom. The molecule has 180 valence electrons. The third kappa shape index (κ3) is 3.94. The summed E-state index contributed by atoms with van der Waals surface area (Å²) in [6, 6.07) is 3.95. The van der Waals surface area contributed by atoms with Crippen LogP contribution in [0.1, 0.15) is 24.4 Å². The third-order valence-corrected chi connectivity index (χ3v) is 7.29. The van der Waals surface area contributed by atoms with Gasteiger partial charge < -0.3 is 30.0 Å². The van der Waals surface area contributed by atoms with Crippen LogP contribution in [0.2, 0.25) is 5.02 Å². The molecule has 0 unspecified atom stereocenters. The molecular formula is C23H28ClN7O3. The summed E-state index contributed by atoms with van der Waals surface area (Å²) < 4.78 is 14.5. The molecule has 0 aromatic carbocycles. The van der Waals surface area contributed by atoms with Crippen LogP contribution in [0.5, 0.6) is 0 Å². The van der Waals surface area contributed by atoms with E-state index in [1.165, 1.54) is 0 Å². The fourth-order valence-corrected chi connectivity index (χ4v) is 5.37. The van der Waals surface area contributed by atoms with Gasteiger partial charge in [-0.3, -0.25) is 4.79 Å². The molecule has 0 spiro atoms. The maximum Gasteiger partial charge on any atom is 0.274 e. The van der Waals surface area contributed by atoms with Crippen LogP contribution in [0.15, 0.2) is 29.3 Å². The minimum Gasteiger partial charge on any atom is -0.381 e. The van der Waals surface area contributed by atoms with Crippen LogP contribution in [-0.4, -0.2) is 58.7 Å². The van der Waals surface area contributed by atoms with E-state index in [-0.39, 0.29) is 11.6 Å². The van der Waals surface area contributed by atoms with E-state index in [0.717, 1.165) is 49.7 Å². The van der Waals surface area contributed by atoms with Gasteiger partial charge >= 0.3 is 0 Å². The summed E-state index contributed by atoms with van der Waals surface area (Å²) in [6.45, 7) is 3.60. The normalized spacial score (nSPS) is 25.9. The van der Waals surface area contributed by atoms with Gasteiger partial charge in [-0.1, -0.05) is 11.6 Å². The van der Waals surface area contributed by atoms with Gasteiger partial charge in [-0.05, 0) is 18.9 Å². The number of halogens is 1. The Balaban J connectivity index is 1.28. The van der Waals surface area contributed by atoms with Gasteiger partial charge in [0.15, 0.2) is 5.65 Å². The first-order chi connectivity index (χ1) is 16.6. The minimum atomic E-state index is -0.148. The number of hydrogen-bond donors (Lipinski definition) is 3. The molecule has 3 N–H and O–H groups in total. The van der Waals surface area contributed by atoms with Crippen molar-refractivity contribution < 1.29 is 9.47 Å². The highest BCUT2D eigenvalue weighted by Crippen LogP contribution is 2.44. The van der Waals surface area contributed by atoms with Crippen molar-refractivity contribution in [1.29, 1.82) is 0 Å². The molecule has 0 radical (unpaired) electrons. The van der Waals surface area contributed by atoms with Gasteiger partial charge in [-0.2, -0.15) is 9.61 Å². The first-order valence-electron chi connectivity index (χ1n) is 11.8. The van der Waals surface area contributed by atoms with Gasteiger partial charge in [0, 0.05) is 55.9 Å². The Morgan fingerprint density at radius 2 is 2.06 bits per heavy atom. The fraction of sp³-hybridized carbons (Fsp3) is 0.522. The molecule has 3 aliphatic rings. The molecule has 4 atom stereocenters. The van der Waals surface area contributed by atoms with Gasteiger partial charge in [0.05, 0.1) is 37.1 Å². The maximum absolute atomic E-state index is 13.2. The summed E-state index contributed by atoms with van der Waals surface area (Å²) in [5.41, 5.74) is 1.95. The van der Waals surface area contributed by atoms with Crippen molar-refractivity contribution in [1.82, 2.24) is 24.5 Å². The van der Waals surface area contributed by atoms with Gasteiger partial charge in [0.1, 0.15) is 17.3 Å². The van der Waals surface area contributed by atoms with Gasteiger partial charge in [-0.25, -0.2) is 4.98 Å². The van der Waals surface area contributed by atoms with Crippen LogP contribution >= 0.6 is 11.6 Å². The van der Waals surface area contributed by atoms with E-state index in [2.05, 4.69) is 21.0 Å². The Labute approximate surface area is 201 Å². The van der Waals surface area contributed by atoms with E-state index >= 15 is 0 Å². The lowest BCUT2D eigenvalue weighted by atomic mass is 10.1. The Bertz CT molecular complexity index is 1260. The number of nitrogens with one attached hydrogen (secondary N) is 3. The topological polar surface area (TPSA) is 107 Å². The van der Waals surface area contributed by atoms with Gasteiger partial charge in [0.2, 0.25) is 0 Å². The number of pyridine rings is 1. The first kappa shape index (κ1) is 21.8. The number of aromatic nitrogens is 4. The average Bonchev–Trinajstić information content (AvgIpc) is 3.17. The molecule has 2 aliphatic heterocycles. The van der Waals surface area contributed by atoms with E-state index in [1.54, 1.807) is 21.3 Å². The van der Waals surface area contributed by atoms with Crippen LogP contribution < -0.4 is 21.5 Å². The number of nitrogens with zero attached hydrogens (tertiary/aromatic N) is 4. The number of rotatable bonds is 7. The Kier molecular flexibility index (Phi) is 5.68. The van der Waals surface area contributed by atoms with Crippen molar-refractivity contribution in [2.24, 2.45) is 11.8 Å². The summed E-state index contributed by atoms with van der Waals surface area (Å²) >= 11 is 6.38. The summed E-state index contributed by atoms with van der Waals surface area (Å²) in [6.07, 6.45) is 5.32. The Morgan fingerprint density at radius 1 is 1.21 bits per heavy atom. The highest BCUT2D eigenvalue weighted by Gasteiger charge is 2.53. The summed E-state index contributed by atoms with van der Waals surface area (Å²) in [5, 5.41) is 15.0. The van der Waals surface area contributed by atoms with Crippen molar-refractivity contribution >= 4 is 34.6 Å². The van der Waals surface area contributed by atoms with Crippen molar-refractivity contribution in [2.75, 3.05) is 44.1 Å². The molecule has 2 saturated heterocycles. The van der Waals surface area contributed by atoms with Crippen LogP contribution in [0.4, 0.5) is 17.3 Å².